The van der Waals surface area contributed by atoms with Gasteiger partial charge in [0.25, 0.3) is 0 Å². The van der Waals surface area contributed by atoms with Crippen LogP contribution in [-0.4, -0.2) is 16.8 Å². The van der Waals surface area contributed by atoms with Gasteiger partial charge in [-0.1, -0.05) is 24.3 Å². The lowest BCUT2D eigenvalue weighted by molar-refractivity contribution is -0.114. The largest absolute Gasteiger partial charge is 0.489 e. The minimum atomic E-state index is -0.250. The molecule has 0 saturated heterocycles. The summed E-state index contributed by atoms with van der Waals surface area (Å²) in [4.78, 5) is 27.3. The minimum Gasteiger partial charge on any atom is -0.489 e. The van der Waals surface area contributed by atoms with Gasteiger partial charge in [0, 0.05) is 48.4 Å². The first-order valence-electron chi connectivity index (χ1n) is 9.07. The number of nitrogens with one attached hydrogen (secondary N) is 2. The van der Waals surface area contributed by atoms with Gasteiger partial charge >= 0.3 is 0 Å². The van der Waals surface area contributed by atoms with Crippen molar-refractivity contribution >= 4 is 29.3 Å². The molecule has 0 aliphatic rings. The number of hydrogen-bond donors (Lipinski definition) is 2. The van der Waals surface area contributed by atoms with Crippen LogP contribution in [0.3, 0.4) is 0 Å². The fourth-order valence-corrected chi connectivity index (χ4v) is 2.55. The van der Waals surface area contributed by atoms with Gasteiger partial charge in [0.2, 0.25) is 11.8 Å². The van der Waals surface area contributed by atoms with Gasteiger partial charge in [-0.05, 0) is 42.0 Å². The first-order chi connectivity index (χ1) is 14.1. The summed E-state index contributed by atoms with van der Waals surface area (Å²) in [6.45, 7) is 1.86. The van der Waals surface area contributed by atoms with Crippen molar-refractivity contribution in [2.75, 3.05) is 10.6 Å². The van der Waals surface area contributed by atoms with Crippen molar-refractivity contribution in [1.82, 2.24) is 4.98 Å². The predicted molar refractivity (Wildman–Crippen MR) is 113 cm³/mol. The summed E-state index contributed by atoms with van der Waals surface area (Å²) >= 11 is 0. The summed E-state index contributed by atoms with van der Waals surface area (Å²) in [6.07, 6.45) is 6.62. The van der Waals surface area contributed by atoms with Gasteiger partial charge in [0.15, 0.2) is 0 Å². The van der Waals surface area contributed by atoms with Gasteiger partial charge < -0.3 is 15.4 Å². The number of anilines is 2. The third-order valence-corrected chi connectivity index (χ3v) is 3.89. The van der Waals surface area contributed by atoms with Crippen molar-refractivity contribution in [2.24, 2.45) is 0 Å². The Balaban J connectivity index is 1.54. The summed E-state index contributed by atoms with van der Waals surface area (Å²) in [5.41, 5.74) is 3.17. The third kappa shape index (κ3) is 6.62. The Morgan fingerprint density at radius 3 is 2.55 bits per heavy atom. The quantitative estimate of drug-likeness (QED) is 0.593. The van der Waals surface area contributed by atoms with Gasteiger partial charge in [-0.25, -0.2) is 0 Å². The molecule has 0 bridgehead atoms. The zero-order chi connectivity index (χ0) is 20.5. The second-order valence-corrected chi connectivity index (χ2v) is 6.30. The summed E-state index contributed by atoms with van der Waals surface area (Å²) in [5, 5.41) is 5.51. The lowest BCUT2D eigenvalue weighted by Gasteiger charge is -2.08. The molecule has 0 fully saturated rings. The molecule has 0 spiro atoms. The van der Waals surface area contributed by atoms with Crippen molar-refractivity contribution in [1.29, 1.82) is 0 Å². The predicted octanol–water partition coefficient (Wildman–Crippen LogP) is 4.27. The second-order valence-electron chi connectivity index (χ2n) is 6.30. The molecule has 1 aromatic heterocycles. The van der Waals surface area contributed by atoms with E-state index in [1.165, 1.54) is 13.0 Å². The molecule has 0 aliphatic carbocycles. The number of carbonyl (C=O) groups is 2. The summed E-state index contributed by atoms with van der Waals surface area (Å²) in [6, 6.07) is 18.2. The number of nitrogens with zero attached hydrogens (tertiary/aromatic N) is 1. The zero-order valence-corrected chi connectivity index (χ0v) is 16.0. The van der Waals surface area contributed by atoms with Crippen molar-refractivity contribution in [3.63, 3.8) is 0 Å². The van der Waals surface area contributed by atoms with Gasteiger partial charge in [0.05, 0.1) is 0 Å². The van der Waals surface area contributed by atoms with Crippen LogP contribution in [0, 0.1) is 0 Å². The Bertz CT molecular complexity index is 999. The van der Waals surface area contributed by atoms with E-state index in [0.717, 1.165) is 11.1 Å². The van der Waals surface area contributed by atoms with Crippen molar-refractivity contribution < 1.29 is 14.3 Å². The van der Waals surface area contributed by atoms with Crippen LogP contribution in [0.15, 0.2) is 79.1 Å². The first kappa shape index (κ1) is 19.8. The highest BCUT2D eigenvalue weighted by atomic mass is 16.5. The molecule has 6 heteroatoms. The van der Waals surface area contributed by atoms with Crippen LogP contribution in [0.4, 0.5) is 11.4 Å². The van der Waals surface area contributed by atoms with Crippen LogP contribution in [0.5, 0.6) is 5.75 Å². The number of hydrogen-bond acceptors (Lipinski definition) is 4. The molecule has 0 aliphatic heterocycles. The van der Waals surface area contributed by atoms with Crippen molar-refractivity contribution in [3.8, 4) is 5.75 Å². The molecule has 3 rings (SSSR count). The third-order valence-electron chi connectivity index (χ3n) is 3.89. The monoisotopic (exact) mass is 387 g/mol. The summed E-state index contributed by atoms with van der Waals surface area (Å²) in [7, 11) is 0. The number of aromatic nitrogens is 1. The van der Waals surface area contributed by atoms with Gasteiger partial charge in [0.1, 0.15) is 12.4 Å². The molecular formula is C23H21N3O3. The Morgan fingerprint density at radius 1 is 1.00 bits per heavy atom. The Labute approximate surface area is 169 Å². The lowest BCUT2D eigenvalue weighted by Crippen LogP contribution is -2.08. The fourth-order valence-electron chi connectivity index (χ4n) is 2.55. The summed E-state index contributed by atoms with van der Waals surface area (Å²) < 4.78 is 5.74. The SMILES string of the molecule is CC(=O)Nc1ccc(C=CC(=O)Nc2cccc(OCc3cccnc3)c2)cc1. The van der Waals surface area contributed by atoms with E-state index in [4.69, 9.17) is 4.74 Å². The molecule has 0 radical (unpaired) electrons. The number of amides is 2. The molecule has 6 nitrogen and oxygen atoms in total. The van der Waals surface area contributed by atoms with E-state index in [2.05, 4.69) is 15.6 Å². The summed E-state index contributed by atoms with van der Waals surface area (Å²) in [5.74, 6) is 0.281. The van der Waals surface area contributed by atoms with Crippen LogP contribution in [-0.2, 0) is 16.2 Å². The van der Waals surface area contributed by atoms with Crippen LogP contribution in [0.25, 0.3) is 6.08 Å². The maximum atomic E-state index is 12.2. The molecule has 2 N–H and O–H groups in total. The van der Waals surface area contributed by atoms with E-state index in [9.17, 15) is 9.59 Å². The number of rotatable bonds is 7. The first-order valence-corrected chi connectivity index (χ1v) is 9.07. The van der Waals surface area contributed by atoms with Crippen molar-refractivity contribution in [2.45, 2.75) is 13.5 Å². The maximum Gasteiger partial charge on any atom is 0.248 e. The molecule has 0 unspecified atom stereocenters. The van der Waals surface area contributed by atoms with Crippen LogP contribution >= 0.6 is 0 Å². The highest BCUT2D eigenvalue weighted by Crippen LogP contribution is 2.19. The van der Waals surface area contributed by atoms with Gasteiger partial charge in [-0.3, -0.25) is 14.6 Å². The van der Waals surface area contributed by atoms with E-state index in [0.29, 0.717) is 23.7 Å². The van der Waals surface area contributed by atoms with E-state index < -0.39 is 0 Å². The van der Waals surface area contributed by atoms with E-state index in [-0.39, 0.29) is 11.8 Å². The van der Waals surface area contributed by atoms with Crippen LogP contribution in [0.1, 0.15) is 18.1 Å². The van der Waals surface area contributed by atoms with Crippen LogP contribution in [0.2, 0.25) is 0 Å². The Kier molecular flexibility index (Phi) is 6.73. The molecule has 146 valence electrons. The van der Waals surface area contributed by atoms with Crippen LogP contribution < -0.4 is 15.4 Å². The molecule has 29 heavy (non-hydrogen) atoms. The molecule has 3 aromatic rings. The molecular weight excluding hydrogens is 366 g/mol. The molecule has 2 amide bonds. The topological polar surface area (TPSA) is 80.3 Å². The highest BCUT2D eigenvalue weighted by Gasteiger charge is 2.02. The normalized spacial score (nSPS) is 10.5. The number of ether oxygens (including phenoxy) is 1. The molecule has 2 aromatic carbocycles. The highest BCUT2D eigenvalue weighted by molar-refractivity contribution is 6.02. The van der Waals surface area contributed by atoms with Gasteiger partial charge in [-0.15, -0.1) is 0 Å². The smallest absolute Gasteiger partial charge is 0.248 e. The zero-order valence-electron chi connectivity index (χ0n) is 16.0. The van der Waals surface area contributed by atoms with E-state index >= 15 is 0 Å². The fraction of sp³-hybridized carbons (Fsp3) is 0.0870. The lowest BCUT2D eigenvalue weighted by atomic mass is 10.2. The van der Waals surface area contributed by atoms with Crippen molar-refractivity contribution in [3.05, 3.63) is 90.3 Å². The number of benzene rings is 2. The Hall–Kier alpha value is -3.93. The standard InChI is InChI=1S/C23H21N3O3/c1-17(27)25-20-10-7-18(8-11-20)9-12-23(28)26-21-5-2-6-22(14-21)29-16-19-4-3-13-24-15-19/h2-15H,16H2,1H3,(H,25,27)(H,26,28). The van der Waals surface area contributed by atoms with E-state index in [1.54, 1.807) is 42.7 Å². The molecule has 0 atom stereocenters. The van der Waals surface area contributed by atoms with Gasteiger partial charge in [-0.2, -0.15) is 0 Å². The van der Waals surface area contributed by atoms with E-state index in [1.807, 2.05) is 36.4 Å². The second kappa shape index (κ2) is 9.85. The minimum absolute atomic E-state index is 0.126. The average molecular weight is 387 g/mol. The average Bonchev–Trinajstić information content (AvgIpc) is 2.72. The molecule has 0 saturated carbocycles. The number of pyridine rings is 1. The number of carbonyl (C=O) groups excluding carboxylic acids is 2. The Morgan fingerprint density at radius 2 is 1.83 bits per heavy atom. The maximum absolute atomic E-state index is 12.2. The molecule has 1 heterocycles.